The molecule has 1 atom stereocenters. The molecule has 0 aliphatic rings. The summed E-state index contributed by atoms with van der Waals surface area (Å²) in [5.74, 6) is -1.87. The fraction of sp³-hybridized carbons (Fsp3) is 0.333. The van der Waals surface area contributed by atoms with Crippen LogP contribution in [0.5, 0.6) is 0 Å². The Kier molecular flexibility index (Phi) is 11.6. The second-order valence-electron chi connectivity index (χ2n) is 9.93. The van der Waals surface area contributed by atoms with Crippen molar-refractivity contribution >= 4 is 39.1 Å². The maximum absolute atomic E-state index is 14.0. The Hall–Kier alpha value is -3.64. The normalized spacial score (nSPS) is 12.4. The summed E-state index contributed by atoms with van der Waals surface area (Å²) in [5, 5.41) is 2.18. The standard InChI is InChI=1S/C30H32ClF4N3O4S/c1-3-4-16-36-29(40)27(17-21-8-6-5-7-9-21)37(19-22-10-12-23(32)13-11-22)28(39)20-38(43(2,41)42)24-14-15-26(31)25(18-24)30(33,34)35/h5-15,18,27H,3-4,16-17,19-20H2,1-2H3,(H,36,40)/t27-/m1/s1. The molecule has 13 heteroatoms. The van der Waals surface area contributed by atoms with Gasteiger partial charge in [0.05, 0.1) is 22.5 Å². The molecule has 3 aromatic carbocycles. The van der Waals surface area contributed by atoms with Gasteiger partial charge in [0, 0.05) is 19.5 Å². The average Bonchev–Trinajstić information content (AvgIpc) is 2.94. The molecule has 0 heterocycles. The number of amides is 2. The SMILES string of the molecule is CCCCNC(=O)[C@@H](Cc1ccccc1)N(Cc1ccc(F)cc1)C(=O)CN(c1ccc(Cl)c(C(F)(F)F)c1)S(C)(=O)=O. The minimum Gasteiger partial charge on any atom is -0.354 e. The maximum atomic E-state index is 14.0. The summed E-state index contributed by atoms with van der Waals surface area (Å²) in [6, 6.07) is 15.4. The molecule has 0 radical (unpaired) electrons. The van der Waals surface area contributed by atoms with Gasteiger partial charge in [-0.2, -0.15) is 13.2 Å². The van der Waals surface area contributed by atoms with Crippen molar-refractivity contribution in [3.05, 3.63) is 100 Å². The van der Waals surface area contributed by atoms with Gasteiger partial charge in [0.2, 0.25) is 21.8 Å². The second kappa shape index (κ2) is 14.7. The number of unbranched alkanes of at least 4 members (excludes halogenated alkanes) is 1. The lowest BCUT2D eigenvalue weighted by Gasteiger charge is -2.33. The van der Waals surface area contributed by atoms with E-state index in [1.165, 1.54) is 29.2 Å². The molecule has 0 bridgehead atoms. The monoisotopic (exact) mass is 641 g/mol. The number of sulfonamides is 1. The third-order valence-electron chi connectivity index (χ3n) is 6.59. The number of halogens is 5. The Morgan fingerprint density at radius 3 is 2.21 bits per heavy atom. The van der Waals surface area contributed by atoms with Crippen LogP contribution < -0.4 is 9.62 Å². The lowest BCUT2D eigenvalue weighted by molar-refractivity contribution is -0.140. The molecule has 0 unspecified atom stereocenters. The number of hydrogen-bond donors (Lipinski definition) is 1. The smallest absolute Gasteiger partial charge is 0.354 e. The van der Waals surface area contributed by atoms with Crippen LogP contribution in [0.15, 0.2) is 72.8 Å². The highest BCUT2D eigenvalue weighted by molar-refractivity contribution is 7.92. The van der Waals surface area contributed by atoms with E-state index in [0.717, 1.165) is 24.8 Å². The van der Waals surface area contributed by atoms with Crippen LogP contribution in [0.1, 0.15) is 36.5 Å². The van der Waals surface area contributed by atoms with Crippen LogP contribution in [0.25, 0.3) is 0 Å². The summed E-state index contributed by atoms with van der Waals surface area (Å²) in [7, 11) is -4.30. The summed E-state index contributed by atoms with van der Waals surface area (Å²) in [6.07, 6.45) is -2.59. The highest BCUT2D eigenvalue weighted by Gasteiger charge is 2.36. The lowest BCUT2D eigenvalue weighted by Crippen LogP contribution is -2.53. The molecule has 7 nitrogen and oxygen atoms in total. The summed E-state index contributed by atoms with van der Waals surface area (Å²) in [5.41, 5.74) is -0.539. The van der Waals surface area contributed by atoms with E-state index in [0.29, 0.717) is 34.5 Å². The number of anilines is 1. The Morgan fingerprint density at radius 1 is 0.977 bits per heavy atom. The zero-order valence-electron chi connectivity index (χ0n) is 23.6. The fourth-order valence-electron chi connectivity index (χ4n) is 4.35. The third-order valence-corrected chi connectivity index (χ3v) is 8.06. The Balaban J connectivity index is 2.07. The first kappa shape index (κ1) is 33.9. The van der Waals surface area contributed by atoms with Crippen LogP contribution >= 0.6 is 11.6 Å². The van der Waals surface area contributed by atoms with E-state index in [1.807, 2.05) is 6.92 Å². The number of carbonyl (C=O) groups is 2. The highest BCUT2D eigenvalue weighted by atomic mass is 35.5. The van der Waals surface area contributed by atoms with E-state index < -0.39 is 62.7 Å². The van der Waals surface area contributed by atoms with Crippen LogP contribution in [0.2, 0.25) is 5.02 Å². The van der Waals surface area contributed by atoms with Crippen LogP contribution in [0.4, 0.5) is 23.2 Å². The molecule has 2 amide bonds. The molecule has 0 aliphatic carbocycles. The number of nitrogens with zero attached hydrogens (tertiary/aromatic N) is 2. The number of nitrogens with one attached hydrogen (secondary N) is 1. The quantitative estimate of drug-likeness (QED) is 0.188. The number of benzene rings is 3. The Morgan fingerprint density at radius 2 is 1.63 bits per heavy atom. The molecule has 3 rings (SSSR count). The van der Waals surface area contributed by atoms with Gasteiger partial charge in [-0.1, -0.05) is 67.4 Å². The minimum absolute atomic E-state index is 0.0593. The van der Waals surface area contributed by atoms with Gasteiger partial charge in [-0.25, -0.2) is 12.8 Å². The number of carbonyl (C=O) groups excluding carboxylic acids is 2. The maximum Gasteiger partial charge on any atom is 0.417 e. The molecular weight excluding hydrogens is 610 g/mol. The largest absolute Gasteiger partial charge is 0.417 e. The van der Waals surface area contributed by atoms with Crippen molar-refractivity contribution in [3.63, 3.8) is 0 Å². The number of alkyl halides is 3. The summed E-state index contributed by atoms with van der Waals surface area (Å²) in [4.78, 5) is 28.7. The molecule has 0 saturated carbocycles. The Bertz CT molecular complexity index is 1500. The zero-order chi connectivity index (χ0) is 31.8. The molecule has 0 saturated heterocycles. The van der Waals surface area contributed by atoms with Gasteiger partial charge < -0.3 is 10.2 Å². The third kappa shape index (κ3) is 9.69. The first-order chi connectivity index (χ1) is 20.2. The highest BCUT2D eigenvalue weighted by Crippen LogP contribution is 2.37. The molecule has 3 aromatic rings. The predicted molar refractivity (Wildman–Crippen MR) is 157 cm³/mol. The van der Waals surface area contributed by atoms with Gasteiger partial charge in [-0.3, -0.25) is 13.9 Å². The van der Waals surface area contributed by atoms with Crippen LogP contribution in [-0.4, -0.2) is 50.5 Å². The Labute approximate surface area is 253 Å². The topological polar surface area (TPSA) is 86.8 Å². The first-order valence-corrected chi connectivity index (χ1v) is 15.6. The van der Waals surface area contributed by atoms with E-state index in [2.05, 4.69) is 5.32 Å². The average molecular weight is 642 g/mol. The molecule has 43 heavy (non-hydrogen) atoms. The first-order valence-electron chi connectivity index (χ1n) is 13.4. The van der Waals surface area contributed by atoms with E-state index >= 15 is 0 Å². The van der Waals surface area contributed by atoms with Crippen LogP contribution in [0.3, 0.4) is 0 Å². The van der Waals surface area contributed by atoms with Crippen molar-refractivity contribution < 1.29 is 35.6 Å². The van der Waals surface area contributed by atoms with Crippen molar-refractivity contribution in [1.82, 2.24) is 10.2 Å². The zero-order valence-corrected chi connectivity index (χ0v) is 25.1. The van der Waals surface area contributed by atoms with Gasteiger partial charge in [-0.15, -0.1) is 0 Å². The molecule has 0 spiro atoms. The van der Waals surface area contributed by atoms with E-state index in [9.17, 15) is 35.6 Å². The van der Waals surface area contributed by atoms with Gasteiger partial charge in [0.15, 0.2) is 0 Å². The number of hydrogen-bond acceptors (Lipinski definition) is 4. The van der Waals surface area contributed by atoms with Gasteiger partial charge >= 0.3 is 6.18 Å². The van der Waals surface area contributed by atoms with Crippen molar-refractivity contribution in [1.29, 1.82) is 0 Å². The molecule has 0 aliphatic heterocycles. The van der Waals surface area contributed by atoms with Crippen LogP contribution in [0, 0.1) is 5.82 Å². The summed E-state index contributed by atoms with van der Waals surface area (Å²) in [6.45, 7) is 1.16. The van der Waals surface area contributed by atoms with Crippen molar-refractivity contribution in [2.45, 2.75) is 44.9 Å². The molecule has 1 N–H and O–H groups in total. The second-order valence-corrected chi connectivity index (χ2v) is 12.2. The molecular formula is C30H32ClF4N3O4S. The van der Waals surface area contributed by atoms with Crippen molar-refractivity contribution in [2.24, 2.45) is 0 Å². The summed E-state index contributed by atoms with van der Waals surface area (Å²) < 4.78 is 80.6. The van der Waals surface area contributed by atoms with E-state index in [-0.39, 0.29) is 13.0 Å². The fourth-order valence-corrected chi connectivity index (χ4v) is 5.41. The minimum atomic E-state index is -4.88. The summed E-state index contributed by atoms with van der Waals surface area (Å²) >= 11 is 5.73. The lowest BCUT2D eigenvalue weighted by atomic mass is 10.0. The van der Waals surface area contributed by atoms with Crippen LogP contribution in [-0.2, 0) is 38.8 Å². The van der Waals surface area contributed by atoms with Gasteiger partial charge in [0.1, 0.15) is 18.4 Å². The molecule has 0 fully saturated rings. The van der Waals surface area contributed by atoms with Gasteiger partial charge in [-0.05, 0) is 47.9 Å². The number of rotatable bonds is 13. The van der Waals surface area contributed by atoms with Crippen molar-refractivity contribution in [2.75, 3.05) is 23.7 Å². The predicted octanol–water partition coefficient (Wildman–Crippen LogP) is 5.82. The van der Waals surface area contributed by atoms with E-state index in [1.54, 1.807) is 30.3 Å². The molecule has 0 aromatic heterocycles. The molecule has 232 valence electrons. The van der Waals surface area contributed by atoms with Gasteiger partial charge in [0.25, 0.3) is 0 Å². The van der Waals surface area contributed by atoms with Crippen molar-refractivity contribution in [3.8, 4) is 0 Å². The van der Waals surface area contributed by atoms with E-state index in [4.69, 9.17) is 11.6 Å².